The smallest absolute Gasteiger partial charge is 0.203 e. The molecule has 0 aromatic carbocycles. The van der Waals surface area contributed by atoms with Crippen LogP contribution in [0, 0.1) is 0 Å². The lowest BCUT2D eigenvalue weighted by Crippen LogP contribution is -2.20. The molecule has 4 nitrogen and oxygen atoms in total. The minimum Gasteiger partial charge on any atom is -0.383 e. The molecule has 108 valence electrons. The fourth-order valence-corrected chi connectivity index (χ4v) is 3.88. The Morgan fingerprint density at radius 2 is 2.50 bits per heavy atom. The minimum absolute atomic E-state index is 0.288. The fourth-order valence-electron chi connectivity index (χ4n) is 2.89. The van der Waals surface area contributed by atoms with Crippen LogP contribution < -0.4 is 5.32 Å². The van der Waals surface area contributed by atoms with E-state index in [1.165, 1.54) is 29.7 Å². The third-order valence-electron chi connectivity index (χ3n) is 3.91. The molecule has 1 N–H and O–H groups in total. The molecular weight excluding hydrogens is 270 g/mol. The molecule has 0 amide bonds. The number of nitrogens with one attached hydrogen (secondary N) is 1. The van der Waals surface area contributed by atoms with E-state index in [-0.39, 0.29) is 6.04 Å². The summed E-state index contributed by atoms with van der Waals surface area (Å²) in [6.45, 7) is 2.84. The van der Waals surface area contributed by atoms with Gasteiger partial charge in [0, 0.05) is 24.4 Å². The van der Waals surface area contributed by atoms with Crippen molar-refractivity contribution in [1.29, 1.82) is 0 Å². The van der Waals surface area contributed by atoms with Gasteiger partial charge in [-0.2, -0.15) is 0 Å². The van der Waals surface area contributed by atoms with Gasteiger partial charge in [0.25, 0.3) is 0 Å². The molecule has 2 unspecified atom stereocenters. The topological polar surface area (TPSA) is 39.1 Å². The molecule has 1 aliphatic rings. The Morgan fingerprint density at radius 1 is 1.60 bits per heavy atom. The summed E-state index contributed by atoms with van der Waals surface area (Å²) in [7, 11) is 1.74. The number of rotatable bonds is 5. The average Bonchev–Trinajstić information content (AvgIpc) is 3.07. The summed E-state index contributed by atoms with van der Waals surface area (Å²) in [6.07, 6.45) is 7.52. The molecule has 0 fully saturated rings. The SMILES string of the molecule is COCC(C)n1ccnc1NC1CCCc2sccc21. The summed E-state index contributed by atoms with van der Waals surface area (Å²) in [4.78, 5) is 6.00. The molecule has 0 radical (unpaired) electrons. The molecular formula is C15H21N3OS. The average molecular weight is 291 g/mol. The van der Waals surface area contributed by atoms with Gasteiger partial charge in [-0.1, -0.05) is 0 Å². The molecule has 5 heteroatoms. The fraction of sp³-hybridized carbons (Fsp3) is 0.533. The number of nitrogens with zero attached hydrogens (tertiary/aromatic N) is 2. The highest BCUT2D eigenvalue weighted by Gasteiger charge is 2.22. The number of fused-ring (bicyclic) bond motifs is 1. The summed E-state index contributed by atoms with van der Waals surface area (Å²) in [6, 6.07) is 2.93. The lowest BCUT2D eigenvalue weighted by atomic mass is 9.94. The Labute approximate surface area is 123 Å². The zero-order valence-electron chi connectivity index (χ0n) is 12.0. The van der Waals surface area contributed by atoms with Crippen LogP contribution in [0.15, 0.2) is 23.8 Å². The summed E-state index contributed by atoms with van der Waals surface area (Å²) in [5.74, 6) is 0.943. The van der Waals surface area contributed by atoms with Crippen LogP contribution in [0.25, 0.3) is 0 Å². The maximum Gasteiger partial charge on any atom is 0.203 e. The van der Waals surface area contributed by atoms with Crippen molar-refractivity contribution in [3.63, 3.8) is 0 Å². The first kappa shape index (κ1) is 13.6. The zero-order valence-corrected chi connectivity index (χ0v) is 12.8. The maximum absolute atomic E-state index is 5.24. The van der Waals surface area contributed by atoms with E-state index in [9.17, 15) is 0 Å². The quantitative estimate of drug-likeness (QED) is 0.914. The van der Waals surface area contributed by atoms with E-state index in [2.05, 4.69) is 33.2 Å². The molecule has 2 heterocycles. The Hall–Kier alpha value is -1.33. The monoisotopic (exact) mass is 291 g/mol. The number of aromatic nitrogens is 2. The molecule has 0 saturated carbocycles. The van der Waals surface area contributed by atoms with Gasteiger partial charge in [-0.25, -0.2) is 4.98 Å². The van der Waals surface area contributed by atoms with Crippen LogP contribution in [-0.2, 0) is 11.2 Å². The zero-order chi connectivity index (χ0) is 13.9. The van der Waals surface area contributed by atoms with Gasteiger partial charge >= 0.3 is 0 Å². The highest BCUT2D eigenvalue weighted by Crippen LogP contribution is 2.35. The number of ether oxygens (including phenoxy) is 1. The van der Waals surface area contributed by atoms with Crippen LogP contribution in [0.4, 0.5) is 5.95 Å². The van der Waals surface area contributed by atoms with E-state index in [1.54, 1.807) is 7.11 Å². The summed E-state index contributed by atoms with van der Waals surface area (Å²) in [5, 5.41) is 5.81. The van der Waals surface area contributed by atoms with Gasteiger partial charge in [-0.15, -0.1) is 11.3 Å². The van der Waals surface area contributed by atoms with Gasteiger partial charge < -0.3 is 14.6 Å². The Bertz CT molecular complexity index is 563. The number of anilines is 1. The second-order valence-electron chi connectivity index (χ2n) is 5.35. The molecule has 1 aliphatic carbocycles. The summed E-state index contributed by atoms with van der Waals surface area (Å²) in [5.41, 5.74) is 1.45. The Kier molecular flexibility index (Phi) is 4.08. The van der Waals surface area contributed by atoms with Crippen LogP contribution >= 0.6 is 11.3 Å². The Balaban J connectivity index is 1.78. The second kappa shape index (κ2) is 5.97. The standard InChI is InChI=1S/C15H21N3OS/c1-11(10-19-2)18-8-7-16-15(18)17-13-4-3-5-14-12(13)6-9-20-14/h6-9,11,13H,3-5,10H2,1-2H3,(H,16,17). The van der Waals surface area contributed by atoms with Crippen molar-refractivity contribution in [3.8, 4) is 0 Å². The first-order valence-corrected chi connectivity index (χ1v) is 8.02. The maximum atomic E-state index is 5.24. The lowest BCUT2D eigenvalue weighted by molar-refractivity contribution is 0.163. The van der Waals surface area contributed by atoms with Gasteiger partial charge in [0.2, 0.25) is 5.95 Å². The van der Waals surface area contributed by atoms with Crippen LogP contribution in [-0.4, -0.2) is 23.3 Å². The molecule has 3 rings (SSSR count). The van der Waals surface area contributed by atoms with E-state index in [0.29, 0.717) is 12.6 Å². The summed E-state index contributed by atoms with van der Waals surface area (Å²) < 4.78 is 7.40. The normalized spacial score (nSPS) is 19.6. The molecule has 0 saturated heterocycles. The highest BCUT2D eigenvalue weighted by atomic mass is 32.1. The molecule has 0 spiro atoms. The van der Waals surface area contributed by atoms with Gasteiger partial charge in [0.05, 0.1) is 18.7 Å². The largest absolute Gasteiger partial charge is 0.383 e. The van der Waals surface area contributed by atoms with Crippen LogP contribution in [0.3, 0.4) is 0 Å². The van der Waals surface area contributed by atoms with Crippen LogP contribution in [0.1, 0.15) is 42.3 Å². The third kappa shape index (κ3) is 2.60. The van der Waals surface area contributed by atoms with Crippen molar-refractivity contribution in [2.75, 3.05) is 19.0 Å². The summed E-state index contributed by atoms with van der Waals surface area (Å²) >= 11 is 1.87. The van der Waals surface area contributed by atoms with Crippen molar-refractivity contribution in [2.45, 2.75) is 38.3 Å². The third-order valence-corrected chi connectivity index (χ3v) is 4.90. The predicted molar refractivity (Wildman–Crippen MR) is 82.4 cm³/mol. The second-order valence-corrected chi connectivity index (χ2v) is 6.35. The minimum atomic E-state index is 0.288. The Morgan fingerprint density at radius 3 is 3.35 bits per heavy atom. The van der Waals surface area contributed by atoms with Crippen molar-refractivity contribution < 1.29 is 4.74 Å². The van der Waals surface area contributed by atoms with E-state index in [1.807, 2.05) is 23.7 Å². The number of methoxy groups -OCH3 is 1. The first-order chi connectivity index (χ1) is 9.79. The van der Waals surface area contributed by atoms with Crippen molar-refractivity contribution in [3.05, 3.63) is 34.3 Å². The van der Waals surface area contributed by atoms with Gasteiger partial charge in [0.1, 0.15) is 0 Å². The highest BCUT2D eigenvalue weighted by molar-refractivity contribution is 7.10. The van der Waals surface area contributed by atoms with Crippen molar-refractivity contribution >= 4 is 17.3 Å². The molecule has 20 heavy (non-hydrogen) atoms. The number of thiophene rings is 1. The predicted octanol–water partition coefficient (Wildman–Crippen LogP) is 3.64. The van der Waals surface area contributed by atoms with Crippen molar-refractivity contribution in [2.24, 2.45) is 0 Å². The molecule has 2 atom stereocenters. The number of hydrogen-bond acceptors (Lipinski definition) is 4. The van der Waals surface area contributed by atoms with E-state index >= 15 is 0 Å². The van der Waals surface area contributed by atoms with Crippen LogP contribution in [0.5, 0.6) is 0 Å². The molecule has 0 bridgehead atoms. The van der Waals surface area contributed by atoms with Crippen LogP contribution in [0.2, 0.25) is 0 Å². The number of hydrogen-bond donors (Lipinski definition) is 1. The van der Waals surface area contributed by atoms with E-state index in [4.69, 9.17) is 4.74 Å². The van der Waals surface area contributed by atoms with E-state index < -0.39 is 0 Å². The number of aryl methyl sites for hydroxylation is 1. The number of imidazole rings is 1. The first-order valence-electron chi connectivity index (χ1n) is 7.14. The molecule has 2 aromatic rings. The van der Waals surface area contributed by atoms with Gasteiger partial charge in [0.15, 0.2) is 0 Å². The van der Waals surface area contributed by atoms with Gasteiger partial charge in [-0.3, -0.25) is 0 Å². The molecule has 2 aromatic heterocycles. The van der Waals surface area contributed by atoms with Gasteiger partial charge in [-0.05, 0) is 43.2 Å². The van der Waals surface area contributed by atoms with E-state index in [0.717, 1.165) is 5.95 Å². The lowest BCUT2D eigenvalue weighted by Gasteiger charge is -2.25. The van der Waals surface area contributed by atoms with Crippen molar-refractivity contribution in [1.82, 2.24) is 9.55 Å². The molecule has 0 aliphatic heterocycles.